The largest absolute Gasteiger partial charge is 0.381 e. The van der Waals surface area contributed by atoms with E-state index in [1.165, 1.54) is 0 Å². The molecule has 1 fully saturated rings. The number of halogens is 1. The smallest absolute Gasteiger partial charge is 0.328 e. The Bertz CT molecular complexity index is 2060. The van der Waals surface area contributed by atoms with Gasteiger partial charge >= 0.3 is 5.69 Å². The van der Waals surface area contributed by atoms with E-state index in [0.717, 1.165) is 52.1 Å². The van der Waals surface area contributed by atoms with Crippen molar-refractivity contribution in [1.82, 2.24) is 28.2 Å². The van der Waals surface area contributed by atoms with Crippen molar-refractivity contribution in [3.63, 3.8) is 0 Å². The standard InChI is InChI=1S/C33H34FN7O2/c1-37(2)22-8-6-20(7-9-22)24-16-27-28(17-26(24)34)41(32(36-27)30-18-35-19-38(30)3)23-14-25(21-10-12-43-13-11-21)31-29(15-23)39(4)33(42)40(31)5/h6-9,14-19,21H,10-13H2,1-5H3. The average molecular weight is 580 g/mol. The van der Waals surface area contributed by atoms with Gasteiger partial charge in [-0.25, -0.2) is 19.2 Å². The van der Waals surface area contributed by atoms with Gasteiger partial charge in [-0.1, -0.05) is 12.1 Å². The number of fused-ring (bicyclic) bond motifs is 2. The maximum Gasteiger partial charge on any atom is 0.328 e. The van der Waals surface area contributed by atoms with Crippen molar-refractivity contribution in [2.75, 3.05) is 32.2 Å². The monoisotopic (exact) mass is 579 g/mol. The number of ether oxygens (including phenoxy) is 1. The Kier molecular flexibility index (Phi) is 6.46. The fraction of sp³-hybridized carbons (Fsp3) is 0.303. The van der Waals surface area contributed by atoms with Crippen molar-refractivity contribution >= 4 is 27.8 Å². The maximum absolute atomic E-state index is 16.0. The third-order valence-corrected chi connectivity index (χ3v) is 8.78. The fourth-order valence-electron chi connectivity index (χ4n) is 6.38. The Hall–Kier alpha value is -4.70. The lowest BCUT2D eigenvalue weighted by atomic mass is 9.90. The van der Waals surface area contributed by atoms with Crippen LogP contribution in [0.25, 0.3) is 50.4 Å². The van der Waals surface area contributed by atoms with Gasteiger partial charge in [0.1, 0.15) is 11.5 Å². The molecule has 1 aliphatic heterocycles. The van der Waals surface area contributed by atoms with E-state index >= 15 is 4.39 Å². The second-order valence-electron chi connectivity index (χ2n) is 11.6. The summed E-state index contributed by atoms with van der Waals surface area (Å²) in [7, 11) is 9.49. The summed E-state index contributed by atoms with van der Waals surface area (Å²) < 4.78 is 29.0. The van der Waals surface area contributed by atoms with Crippen LogP contribution in [0.2, 0.25) is 0 Å². The molecule has 0 N–H and O–H groups in total. The summed E-state index contributed by atoms with van der Waals surface area (Å²) in [6.45, 7) is 1.35. The van der Waals surface area contributed by atoms with Gasteiger partial charge in [0.25, 0.3) is 0 Å². The van der Waals surface area contributed by atoms with Crippen molar-refractivity contribution in [2.24, 2.45) is 21.1 Å². The first-order chi connectivity index (χ1) is 20.7. The number of anilines is 1. The van der Waals surface area contributed by atoms with Crippen LogP contribution in [0.3, 0.4) is 0 Å². The quantitative estimate of drug-likeness (QED) is 0.274. The molecule has 10 heteroatoms. The van der Waals surface area contributed by atoms with Crippen molar-refractivity contribution in [1.29, 1.82) is 0 Å². The second kappa shape index (κ2) is 10.2. The SMILES string of the molecule is CN(C)c1ccc(-c2cc3nc(-c4cncn4C)n(-c4cc(C5CCOCC5)c5c(c4)n(C)c(=O)n5C)c3cc2F)cc1. The Labute approximate surface area is 248 Å². The Morgan fingerprint density at radius 1 is 0.953 bits per heavy atom. The number of benzene rings is 3. The van der Waals surface area contributed by atoms with Crippen LogP contribution in [0.5, 0.6) is 0 Å². The van der Waals surface area contributed by atoms with E-state index in [9.17, 15) is 4.79 Å². The molecule has 3 aromatic carbocycles. The van der Waals surface area contributed by atoms with E-state index in [4.69, 9.17) is 9.72 Å². The summed E-state index contributed by atoms with van der Waals surface area (Å²) >= 11 is 0. The van der Waals surface area contributed by atoms with Crippen molar-refractivity contribution in [3.05, 3.63) is 82.9 Å². The van der Waals surface area contributed by atoms with Crippen molar-refractivity contribution < 1.29 is 9.13 Å². The van der Waals surface area contributed by atoms with Gasteiger partial charge in [0, 0.05) is 65.8 Å². The molecule has 6 aromatic rings. The van der Waals surface area contributed by atoms with Crippen LogP contribution in [0.4, 0.5) is 10.1 Å². The Morgan fingerprint density at radius 3 is 2.37 bits per heavy atom. The molecule has 4 heterocycles. The number of hydrogen-bond donors (Lipinski definition) is 0. The molecular weight excluding hydrogens is 545 g/mol. The van der Waals surface area contributed by atoms with E-state index in [1.807, 2.05) is 78.6 Å². The molecule has 43 heavy (non-hydrogen) atoms. The number of aryl methyl sites for hydroxylation is 3. The van der Waals surface area contributed by atoms with Gasteiger partial charge in [-0.05, 0) is 60.2 Å². The first-order valence-electron chi connectivity index (χ1n) is 14.5. The summed E-state index contributed by atoms with van der Waals surface area (Å²) in [5.41, 5.74) is 7.97. The molecule has 1 aliphatic rings. The highest BCUT2D eigenvalue weighted by atomic mass is 19.1. The number of nitrogens with zero attached hydrogens (tertiary/aromatic N) is 7. The minimum atomic E-state index is -0.333. The van der Waals surface area contributed by atoms with Crippen LogP contribution < -0.4 is 10.6 Å². The predicted molar refractivity (Wildman–Crippen MR) is 168 cm³/mol. The summed E-state index contributed by atoms with van der Waals surface area (Å²) in [4.78, 5) is 24.6. The number of rotatable bonds is 5. The molecule has 3 aromatic heterocycles. The van der Waals surface area contributed by atoms with Crippen LogP contribution >= 0.6 is 0 Å². The molecule has 0 unspecified atom stereocenters. The lowest BCUT2D eigenvalue weighted by Gasteiger charge is -2.24. The zero-order chi connectivity index (χ0) is 30.0. The van der Waals surface area contributed by atoms with E-state index < -0.39 is 0 Å². The summed E-state index contributed by atoms with van der Waals surface area (Å²) in [5, 5.41) is 0. The number of imidazole rings is 3. The van der Waals surface area contributed by atoms with E-state index in [0.29, 0.717) is 35.6 Å². The normalized spacial score (nSPS) is 14.3. The first-order valence-corrected chi connectivity index (χ1v) is 14.5. The van der Waals surface area contributed by atoms with E-state index in [-0.39, 0.29) is 17.4 Å². The van der Waals surface area contributed by atoms with Crippen LogP contribution in [0.15, 0.2) is 65.8 Å². The Balaban J connectivity index is 1.50. The molecule has 0 aliphatic carbocycles. The zero-order valence-corrected chi connectivity index (χ0v) is 25.0. The highest BCUT2D eigenvalue weighted by Crippen LogP contribution is 2.38. The van der Waals surface area contributed by atoms with Gasteiger partial charge in [-0.15, -0.1) is 0 Å². The molecule has 0 atom stereocenters. The summed E-state index contributed by atoms with van der Waals surface area (Å²) in [5.74, 6) is 0.543. The van der Waals surface area contributed by atoms with E-state index in [1.54, 1.807) is 34.8 Å². The summed E-state index contributed by atoms with van der Waals surface area (Å²) in [6.07, 6.45) is 5.23. The first kappa shape index (κ1) is 27.2. The minimum Gasteiger partial charge on any atom is -0.381 e. The lowest BCUT2D eigenvalue weighted by Crippen LogP contribution is -2.20. The molecule has 0 amide bonds. The van der Waals surface area contributed by atoms with Crippen LogP contribution in [-0.2, 0) is 25.9 Å². The molecule has 0 radical (unpaired) electrons. The maximum atomic E-state index is 16.0. The second-order valence-corrected chi connectivity index (χ2v) is 11.6. The zero-order valence-electron chi connectivity index (χ0n) is 25.0. The van der Waals surface area contributed by atoms with Crippen molar-refractivity contribution in [2.45, 2.75) is 18.8 Å². The van der Waals surface area contributed by atoms with Gasteiger partial charge in [0.15, 0.2) is 5.82 Å². The molecule has 220 valence electrons. The van der Waals surface area contributed by atoms with Crippen LogP contribution in [0.1, 0.15) is 24.3 Å². The van der Waals surface area contributed by atoms with Gasteiger partial charge in [-0.2, -0.15) is 0 Å². The summed E-state index contributed by atoms with van der Waals surface area (Å²) in [6, 6.07) is 15.4. The lowest BCUT2D eigenvalue weighted by molar-refractivity contribution is 0.0855. The fourth-order valence-corrected chi connectivity index (χ4v) is 6.38. The van der Waals surface area contributed by atoms with Crippen LogP contribution in [0, 0.1) is 5.82 Å². The average Bonchev–Trinajstić information content (AvgIpc) is 3.67. The van der Waals surface area contributed by atoms with Crippen molar-refractivity contribution in [3.8, 4) is 28.3 Å². The number of aromatic nitrogens is 6. The van der Waals surface area contributed by atoms with Gasteiger partial charge in [-0.3, -0.25) is 13.7 Å². The molecule has 0 spiro atoms. The van der Waals surface area contributed by atoms with E-state index in [2.05, 4.69) is 11.1 Å². The number of hydrogen-bond acceptors (Lipinski definition) is 5. The molecule has 0 bridgehead atoms. The predicted octanol–water partition coefficient (Wildman–Crippen LogP) is 5.38. The van der Waals surface area contributed by atoms with Crippen LogP contribution in [-0.4, -0.2) is 55.5 Å². The third kappa shape index (κ3) is 4.36. The Morgan fingerprint density at radius 2 is 1.70 bits per heavy atom. The molecular formula is C33H34FN7O2. The minimum absolute atomic E-state index is 0.0845. The highest BCUT2D eigenvalue weighted by molar-refractivity contribution is 5.90. The van der Waals surface area contributed by atoms with Gasteiger partial charge < -0.3 is 14.2 Å². The highest BCUT2D eigenvalue weighted by Gasteiger charge is 2.26. The molecule has 7 rings (SSSR count). The molecule has 1 saturated heterocycles. The van der Waals surface area contributed by atoms with Gasteiger partial charge in [0.05, 0.1) is 40.3 Å². The van der Waals surface area contributed by atoms with Gasteiger partial charge in [0.2, 0.25) is 0 Å². The molecule has 0 saturated carbocycles. The topological polar surface area (TPSA) is 75.0 Å². The molecule has 9 nitrogen and oxygen atoms in total. The third-order valence-electron chi connectivity index (χ3n) is 8.78.